The summed E-state index contributed by atoms with van der Waals surface area (Å²) in [7, 11) is 3.47. The Morgan fingerprint density at radius 1 is 0.747 bits per heavy atom. The molecule has 3 fully saturated rings. The molecule has 11 rings (SSSR count). The zero-order valence-corrected chi connectivity index (χ0v) is 41.7. The number of hydrogen-bond acceptors (Lipinski definition) is 13. The van der Waals surface area contributed by atoms with Crippen molar-refractivity contribution in [2.24, 2.45) is 5.92 Å². The number of piperazine rings is 1. The number of imide groups is 1. The number of nitrogens with zero attached hydrogens (tertiary/aromatic N) is 5. The van der Waals surface area contributed by atoms with E-state index in [1.807, 2.05) is 109 Å². The highest BCUT2D eigenvalue weighted by atomic mass is 16.7. The largest absolute Gasteiger partial charge is 0.508 e. The first-order valence-electron chi connectivity index (χ1n) is 25.3. The van der Waals surface area contributed by atoms with Gasteiger partial charge in [0.1, 0.15) is 29.9 Å². The van der Waals surface area contributed by atoms with Gasteiger partial charge >= 0.3 is 12.1 Å². The molecule has 0 bridgehead atoms. The van der Waals surface area contributed by atoms with E-state index in [9.17, 15) is 9.90 Å². The zero-order valence-electron chi connectivity index (χ0n) is 41.7. The Hall–Kier alpha value is -8.00. The molecule has 0 aromatic heterocycles. The molecule has 5 aliphatic heterocycles. The lowest BCUT2D eigenvalue weighted by atomic mass is 9.65. The number of amides is 3. The summed E-state index contributed by atoms with van der Waals surface area (Å²) in [5.74, 6) is 4.67. The maximum atomic E-state index is 16.6. The van der Waals surface area contributed by atoms with E-state index in [2.05, 4.69) is 33.8 Å². The summed E-state index contributed by atoms with van der Waals surface area (Å²) in [5, 5.41) is 10.9. The quantitative estimate of drug-likeness (QED) is 0.0738. The van der Waals surface area contributed by atoms with Gasteiger partial charge in [-0.25, -0.2) is 9.69 Å². The van der Waals surface area contributed by atoms with Gasteiger partial charge in [0, 0.05) is 51.9 Å². The van der Waals surface area contributed by atoms with E-state index in [0.717, 1.165) is 21.6 Å². The molecular weight excluding hydrogens is 951 g/mol. The zero-order chi connectivity index (χ0) is 51.6. The van der Waals surface area contributed by atoms with Crippen LogP contribution < -0.4 is 14.4 Å². The lowest BCUT2D eigenvalue weighted by Gasteiger charge is -2.46. The van der Waals surface area contributed by atoms with Crippen LogP contribution in [0.15, 0.2) is 152 Å². The number of rotatable bonds is 12. The van der Waals surface area contributed by atoms with Crippen LogP contribution in [0.1, 0.15) is 57.1 Å². The van der Waals surface area contributed by atoms with E-state index < -0.39 is 59.4 Å². The highest BCUT2D eigenvalue weighted by Crippen LogP contribution is 2.66. The number of methoxy groups -OCH3 is 1. The van der Waals surface area contributed by atoms with Gasteiger partial charge in [0.05, 0.1) is 36.8 Å². The van der Waals surface area contributed by atoms with Crippen LogP contribution in [0.4, 0.5) is 10.5 Å². The molecule has 382 valence electrons. The molecule has 15 nitrogen and oxygen atoms in total. The van der Waals surface area contributed by atoms with E-state index in [1.165, 1.54) is 19.2 Å². The van der Waals surface area contributed by atoms with Gasteiger partial charge in [-0.2, -0.15) is 0 Å². The van der Waals surface area contributed by atoms with Gasteiger partial charge in [0.2, 0.25) is 18.6 Å². The molecule has 3 saturated heterocycles. The molecule has 5 aliphatic rings. The third-order valence-electron chi connectivity index (χ3n) is 15.0. The van der Waals surface area contributed by atoms with Crippen molar-refractivity contribution in [2.45, 2.75) is 42.7 Å². The molecule has 15 heteroatoms. The molecule has 0 unspecified atom stereocenters. The van der Waals surface area contributed by atoms with E-state index in [4.69, 9.17) is 23.7 Å². The van der Waals surface area contributed by atoms with E-state index in [1.54, 1.807) is 35.2 Å². The molecule has 0 saturated carbocycles. The van der Waals surface area contributed by atoms with Gasteiger partial charge < -0.3 is 33.7 Å². The third-order valence-corrected chi connectivity index (χ3v) is 15.0. The number of phenols is 1. The van der Waals surface area contributed by atoms with Crippen molar-refractivity contribution in [2.75, 3.05) is 71.8 Å². The summed E-state index contributed by atoms with van der Waals surface area (Å²) < 4.78 is 28.9. The first-order chi connectivity index (χ1) is 36.6. The highest BCUT2D eigenvalue weighted by Gasteiger charge is 2.76. The Morgan fingerprint density at radius 2 is 1.44 bits per heavy atom. The number of esters is 1. The van der Waals surface area contributed by atoms with Gasteiger partial charge in [-0.05, 0) is 82.9 Å². The topological polar surface area (TPSA) is 151 Å². The number of anilines is 1. The molecule has 75 heavy (non-hydrogen) atoms. The predicted octanol–water partition coefficient (Wildman–Crippen LogP) is 7.40. The summed E-state index contributed by atoms with van der Waals surface area (Å²) in [6.45, 7) is 3.29. The van der Waals surface area contributed by atoms with Crippen molar-refractivity contribution in [3.63, 3.8) is 0 Å². The van der Waals surface area contributed by atoms with Gasteiger partial charge in [-0.15, -0.1) is 0 Å². The predicted molar refractivity (Wildman–Crippen MR) is 277 cm³/mol. The number of fused-ring (bicyclic) bond motifs is 4. The van der Waals surface area contributed by atoms with E-state index in [-0.39, 0.29) is 44.5 Å². The summed E-state index contributed by atoms with van der Waals surface area (Å²) in [6.07, 6.45) is -1.86. The fourth-order valence-corrected chi connectivity index (χ4v) is 11.7. The number of carbonyl (C=O) groups excluding carboxylic acids is 4. The molecule has 5 heterocycles. The number of benzene rings is 6. The Morgan fingerprint density at radius 3 is 2.16 bits per heavy atom. The molecule has 3 amide bonds. The average molecular weight is 1010 g/mol. The molecule has 0 aliphatic carbocycles. The Kier molecular flexibility index (Phi) is 13.8. The summed E-state index contributed by atoms with van der Waals surface area (Å²) >= 11 is 0. The maximum Gasteiger partial charge on any atom is 0.421 e. The lowest BCUT2D eigenvalue weighted by molar-refractivity contribution is -0.179. The minimum absolute atomic E-state index is 0.0234. The molecule has 1 spiro atoms. The third kappa shape index (κ3) is 9.25. The molecule has 6 atom stereocenters. The second-order valence-corrected chi connectivity index (χ2v) is 19.6. The lowest BCUT2D eigenvalue weighted by Crippen LogP contribution is -2.59. The number of phenolic OH excluding ortho intramolecular Hbond substituents is 1. The van der Waals surface area contributed by atoms with Crippen LogP contribution in [-0.4, -0.2) is 122 Å². The smallest absolute Gasteiger partial charge is 0.421 e. The normalized spacial score (nSPS) is 22.9. The molecular formula is C60H57N5O10. The average Bonchev–Trinajstić information content (AvgIpc) is 4.12. The van der Waals surface area contributed by atoms with Crippen molar-refractivity contribution in [3.8, 4) is 29.1 Å². The Labute approximate surface area is 435 Å². The number of ether oxygens (including phenoxy) is 5. The van der Waals surface area contributed by atoms with Crippen molar-refractivity contribution < 1.29 is 48.0 Å². The van der Waals surface area contributed by atoms with Crippen LogP contribution in [0.2, 0.25) is 0 Å². The number of hydrogen-bond donors (Lipinski definition) is 1. The second-order valence-electron chi connectivity index (χ2n) is 19.6. The van der Waals surface area contributed by atoms with Crippen LogP contribution in [0, 0.1) is 17.8 Å². The summed E-state index contributed by atoms with van der Waals surface area (Å²) in [4.78, 5) is 72.3. The Balaban J connectivity index is 1.08. The van der Waals surface area contributed by atoms with E-state index in [0.29, 0.717) is 66.5 Å². The summed E-state index contributed by atoms with van der Waals surface area (Å²) in [5.41, 5.74) is 3.24. The van der Waals surface area contributed by atoms with Crippen LogP contribution >= 0.6 is 0 Å². The molecule has 0 radical (unpaired) electrons. The monoisotopic (exact) mass is 1010 g/mol. The van der Waals surface area contributed by atoms with Crippen molar-refractivity contribution in [1.82, 2.24) is 19.6 Å². The van der Waals surface area contributed by atoms with Crippen LogP contribution in [0.5, 0.6) is 17.2 Å². The fraction of sp³-hybridized carbons (Fsp3) is 0.300. The SMILES string of the molecule is COCCOC(=O)N1C(=O)[C@@]2(c3cc(C#CCN(C)Cc4ccccc4)ccc31)[C@H](c1ccc(O)cc1)N1[C@H](c3ccccc3)[C@H](c3ccccc3)OC(=O)[C@H]1[C@@H]2C(=O)N1CCN(Cc2ccc3c(c2)OCO3)CC1. The minimum Gasteiger partial charge on any atom is -0.508 e. The van der Waals surface area contributed by atoms with Gasteiger partial charge in [0.15, 0.2) is 11.5 Å². The minimum atomic E-state index is -2.00. The van der Waals surface area contributed by atoms with Crippen molar-refractivity contribution in [3.05, 3.63) is 191 Å². The Bertz CT molecular complexity index is 3140. The first kappa shape index (κ1) is 49.2. The van der Waals surface area contributed by atoms with E-state index >= 15 is 14.4 Å². The second kappa shape index (κ2) is 21.1. The van der Waals surface area contributed by atoms with Crippen LogP contribution in [0.25, 0.3) is 0 Å². The first-order valence-corrected chi connectivity index (χ1v) is 25.3. The van der Waals surface area contributed by atoms with Crippen molar-refractivity contribution >= 4 is 29.6 Å². The van der Waals surface area contributed by atoms with Gasteiger partial charge in [-0.3, -0.25) is 29.1 Å². The number of cyclic esters (lactones) is 1. The number of aromatic hydroxyl groups is 1. The highest BCUT2D eigenvalue weighted by molar-refractivity contribution is 6.23. The number of morpholine rings is 1. The maximum absolute atomic E-state index is 16.6. The summed E-state index contributed by atoms with van der Waals surface area (Å²) in [6, 6.07) is 43.5. The molecule has 6 aromatic rings. The van der Waals surface area contributed by atoms with Gasteiger partial charge in [-0.1, -0.05) is 121 Å². The molecule has 6 aromatic carbocycles. The van der Waals surface area contributed by atoms with Crippen LogP contribution in [0.3, 0.4) is 0 Å². The number of carbonyl (C=O) groups is 4. The fourth-order valence-electron chi connectivity index (χ4n) is 11.7. The van der Waals surface area contributed by atoms with Crippen LogP contribution in [-0.2, 0) is 47.1 Å². The standard InChI is InChI=1S/C60H57N5O10/c1-61(37-41-13-6-3-7-14-41)28-12-15-40-20-26-48-47(35-40)60(58(69)64(48)59(70)72-34-33-71-2)51(56(67)63-31-29-62(30-32-63)38-42-21-27-49-50(36-42)74-39-73-49)53-57(68)75-54(44-18-10-5-11-19-44)52(43-16-8-4-9-17-43)65(53)55(60)45-22-24-46(66)25-23-45/h3-11,13-14,16-27,35-36,51-55,66H,28-34,37-39H2,1-2H3/t51-,52-,53-,54+,55+,60-/m1/s1. The van der Waals surface area contributed by atoms with Crippen molar-refractivity contribution in [1.29, 1.82) is 0 Å². The molecule has 1 N–H and O–H groups in total. The van der Waals surface area contributed by atoms with Gasteiger partial charge in [0.25, 0.3) is 0 Å².